The fraction of sp³-hybridized carbons (Fsp3) is 0.455. The predicted molar refractivity (Wildman–Crippen MR) is 152 cm³/mol. The molecule has 0 saturated carbocycles. The Balaban J connectivity index is 1.52. The van der Waals surface area contributed by atoms with Crippen LogP contribution in [0, 0.1) is 16.0 Å². The summed E-state index contributed by atoms with van der Waals surface area (Å²) in [5.74, 6) is -0.0800. The molecule has 6 atom stereocenters. The average molecular weight is 697 g/mol. The maximum Gasteiger partial charge on any atom is 0.490 e. The molecule has 0 aliphatic carbocycles. The Morgan fingerprint density at radius 3 is 2.47 bits per heavy atom. The lowest BCUT2D eigenvalue weighted by Crippen LogP contribution is -2.26. The summed E-state index contributed by atoms with van der Waals surface area (Å²) in [5.41, 5.74) is 7.20. The SMILES string of the molecule is CC(C)[C@H](OCc1cn([C@H]2C[C@H](O)[C@@H](COP(=O)(O)OP(=O)(O)OP(=O)(O)O)O2)c2ncnc(N)c12)c1ccccc1[N+](=O)[O-]. The van der Waals surface area contributed by atoms with Gasteiger partial charge in [-0.2, -0.15) is 8.62 Å². The number of aromatic nitrogens is 3. The van der Waals surface area contributed by atoms with Crippen molar-refractivity contribution in [3.8, 4) is 0 Å². The third kappa shape index (κ3) is 8.78. The van der Waals surface area contributed by atoms with E-state index >= 15 is 0 Å². The highest BCUT2D eigenvalue weighted by Crippen LogP contribution is 2.66. The Morgan fingerprint density at radius 2 is 1.82 bits per heavy atom. The fourth-order valence-electron chi connectivity index (χ4n) is 4.74. The highest BCUT2D eigenvalue weighted by atomic mass is 31.3. The van der Waals surface area contributed by atoms with Crippen LogP contribution in [0.3, 0.4) is 0 Å². The molecule has 1 aliphatic heterocycles. The van der Waals surface area contributed by atoms with Gasteiger partial charge < -0.3 is 44.5 Å². The summed E-state index contributed by atoms with van der Waals surface area (Å²) in [6, 6.07) is 6.22. The lowest BCUT2D eigenvalue weighted by Gasteiger charge is -2.22. The Bertz CT molecular complexity index is 1700. The molecule has 1 saturated heterocycles. The van der Waals surface area contributed by atoms with E-state index in [0.717, 1.165) is 0 Å². The second kappa shape index (κ2) is 13.6. The molecule has 3 aromatic rings. The van der Waals surface area contributed by atoms with Crippen LogP contribution in [0.15, 0.2) is 36.8 Å². The lowest BCUT2D eigenvalue weighted by molar-refractivity contribution is -0.386. The molecule has 1 fully saturated rings. The molecule has 2 aromatic heterocycles. The second-order valence-corrected chi connectivity index (χ2v) is 14.5. The van der Waals surface area contributed by atoms with Crippen molar-refractivity contribution in [2.75, 3.05) is 12.3 Å². The second-order valence-electron chi connectivity index (χ2n) is 10.1. The number of nitro benzene ring substituents is 1. The number of nitrogens with two attached hydrogens (primary N) is 1. The Morgan fingerprint density at radius 1 is 1.13 bits per heavy atom. The van der Waals surface area contributed by atoms with E-state index in [1.165, 1.54) is 17.0 Å². The number of ether oxygens (including phenoxy) is 2. The van der Waals surface area contributed by atoms with Crippen molar-refractivity contribution in [3.63, 3.8) is 0 Å². The van der Waals surface area contributed by atoms with Gasteiger partial charge in [0.15, 0.2) is 0 Å². The number of rotatable bonds is 14. The van der Waals surface area contributed by atoms with E-state index in [2.05, 4.69) is 23.1 Å². The smallest absolute Gasteiger partial charge is 0.390 e. The van der Waals surface area contributed by atoms with Gasteiger partial charge in [0.2, 0.25) is 0 Å². The Kier molecular flexibility index (Phi) is 10.6. The van der Waals surface area contributed by atoms with Crippen LogP contribution in [0.2, 0.25) is 0 Å². The first-order valence-corrected chi connectivity index (χ1v) is 17.5. The summed E-state index contributed by atoms with van der Waals surface area (Å²) in [6.45, 7) is 2.75. The normalized spacial score (nSPS) is 22.4. The number of para-hydroxylation sites is 1. The number of fused-ring (bicyclic) bond motifs is 1. The van der Waals surface area contributed by atoms with Gasteiger partial charge in [-0.25, -0.2) is 23.7 Å². The minimum Gasteiger partial charge on any atom is -0.390 e. The molecular weight excluding hydrogens is 667 g/mol. The van der Waals surface area contributed by atoms with Crippen LogP contribution in [0.5, 0.6) is 0 Å². The number of nitro groups is 1. The first-order chi connectivity index (χ1) is 20.9. The highest BCUT2D eigenvalue weighted by Gasteiger charge is 2.43. The van der Waals surface area contributed by atoms with Crippen molar-refractivity contribution in [3.05, 3.63) is 58.0 Å². The van der Waals surface area contributed by atoms with Gasteiger partial charge >= 0.3 is 23.5 Å². The van der Waals surface area contributed by atoms with Gasteiger partial charge in [0, 0.05) is 24.2 Å². The molecule has 0 radical (unpaired) electrons. The molecule has 0 amide bonds. The molecule has 0 bridgehead atoms. The van der Waals surface area contributed by atoms with Crippen molar-refractivity contribution in [1.29, 1.82) is 0 Å². The topological polar surface area (TPSA) is 298 Å². The number of nitrogen functional groups attached to an aromatic ring is 1. The summed E-state index contributed by atoms with van der Waals surface area (Å²) in [7, 11) is -16.8. The number of nitrogens with zero attached hydrogens (tertiary/aromatic N) is 4. The average Bonchev–Trinajstić information content (AvgIpc) is 3.46. The van der Waals surface area contributed by atoms with Crippen LogP contribution in [-0.4, -0.2) is 63.0 Å². The molecule has 2 unspecified atom stereocenters. The maximum absolute atomic E-state index is 12.1. The maximum atomic E-state index is 12.1. The van der Waals surface area contributed by atoms with Crippen molar-refractivity contribution >= 4 is 46.0 Å². The minimum absolute atomic E-state index is 0.0826. The van der Waals surface area contributed by atoms with Gasteiger partial charge in [-0.3, -0.25) is 14.6 Å². The molecule has 0 spiro atoms. The molecule has 7 N–H and O–H groups in total. The number of hydrogen-bond donors (Lipinski definition) is 6. The molecule has 4 rings (SSSR count). The van der Waals surface area contributed by atoms with Crippen LogP contribution in [0.25, 0.3) is 11.0 Å². The van der Waals surface area contributed by atoms with Crippen molar-refractivity contribution in [1.82, 2.24) is 14.5 Å². The van der Waals surface area contributed by atoms with Crippen LogP contribution in [0.4, 0.5) is 11.5 Å². The zero-order chi connectivity index (χ0) is 33.3. The lowest BCUT2D eigenvalue weighted by atomic mass is 9.97. The van der Waals surface area contributed by atoms with Gasteiger partial charge in [-0.05, 0) is 12.0 Å². The quantitative estimate of drug-likeness (QED) is 0.0801. The monoisotopic (exact) mass is 697 g/mol. The van der Waals surface area contributed by atoms with Gasteiger partial charge in [-0.1, -0.05) is 26.0 Å². The number of phosphoric acid groups is 3. The largest absolute Gasteiger partial charge is 0.490 e. The number of anilines is 1. The van der Waals surface area contributed by atoms with Gasteiger partial charge in [-0.15, -0.1) is 0 Å². The Labute approximate surface area is 254 Å². The summed E-state index contributed by atoms with van der Waals surface area (Å²) >= 11 is 0. The third-order valence-corrected chi connectivity index (χ3v) is 10.3. The van der Waals surface area contributed by atoms with E-state index in [4.69, 9.17) is 25.0 Å². The molecule has 248 valence electrons. The molecule has 1 aliphatic rings. The zero-order valence-corrected chi connectivity index (χ0v) is 26.2. The van der Waals surface area contributed by atoms with Gasteiger partial charge in [0.05, 0.1) is 41.3 Å². The number of benzene rings is 1. The molecule has 1 aromatic carbocycles. The first-order valence-electron chi connectivity index (χ1n) is 12.9. The minimum atomic E-state index is -5.73. The van der Waals surface area contributed by atoms with Crippen LogP contribution in [0.1, 0.15) is 43.7 Å². The first kappa shape index (κ1) is 35.2. The van der Waals surface area contributed by atoms with E-state index in [1.54, 1.807) is 24.4 Å². The number of aliphatic hydroxyl groups excluding tert-OH is 1. The van der Waals surface area contributed by atoms with Crippen molar-refractivity contribution in [2.45, 2.75) is 51.4 Å². The summed E-state index contributed by atoms with van der Waals surface area (Å²) in [6.07, 6.45) is -1.54. The van der Waals surface area contributed by atoms with E-state index in [0.29, 0.717) is 16.5 Å². The number of phosphoric ester groups is 1. The van der Waals surface area contributed by atoms with Crippen LogP contribution >= 0.6 is 23.5 Å². The molecule has 45 heavy (non-hydrogen) atoms. The zero-order valence-electron chi connectivity index (χ0n) is 23.5. The van der Waals surface area contributed by atoms with Crippen molar-refractivity contribution in [2.24, 2.45) is 5.92 Å². The molecule has 23 heteroatoms. The van der Waals surface area contributed by atoms with Gasteiger partial charge in [0.25, 0.3) is 5.69 Å². The predicted octanol–water partition coefficient (Wildman–Crippen LogP) is 2.83. The molecule has 3 heterocycles. The molecular formula is C22H30N5O15P3. The van der Waals surface area contributed by atoms with E-state index in [-0.39, 0.29) is 36.1 Å². The van der Waals surface area contributed by atoms with E-state index in [9.17, 15) is 38.7 Å². The van der Waals surface area contributed by atoms with Crippen LogP contribution < -0.4 is 5.73 Å². The third-order valence-electron chi connectivity index (χ3n) is 6.51. The summed E-state index contributed by atoms with van der Waals surface area (Å²) in [4.78, 5) is 55.8. The van der Waals surface area contributed by atoms with E-state index in [1.807, 2.05) is 13.8 Å². The van der Waals surface area contributed by atoms with E-state index < -0.39 is 59.5 Å². The Hall–Kier alpha value is -2.67. The number of hydrogen-bond acceptors (Lipinski definition) is 14. The summed E-state index contributed by atoms with van der Waals surface area (Å²) < 4.78 is 59.9. The number of aliphatic hydroxyl groups is 1. The van der Waals surface area contributed by atoms with Gasteiger partial charge in [0.1, 0.15) is 30.1 Å². The van der Waals surface area contributed by atoms with Crippen molar-refractivity contribution < 1.29 is 65.9 Å². The summed E-state index contributed by atoms with van der Waals surface area (Å²) in [5, 5.41) is 22.6. The van der Waals surface area contributed by atoms with Crippen LogP contribution in [-0.2, 0) is 42.9 Å². The highest BCUT2D eigenvalue weighted by molar-refractivity contribution is 7.66. The molecule has 20 nitrogen and oxygen atoms in total. The standard InChI is InChI=1S/C22H30N5O15P3/c1-12(2)20(14-5-3-4-6-15(14)27(29)30)38-9-13-8-26(22-19(13)21(23)24-11-25-22)18-7-16(28)17(40-18)10-39-44(34,35)42-45(36,37)41-43(31,32)33/h3-6,8,11-12,16-18,20,28H,7,9-10H2,1-2H3,(H,34,35)(H,36,37)(H2,23,24,25)(H2,31,32,33)/t16-,17+,18+,20-/m0/s1. The fourth-order valence-corrected chi connectivity index (χ4v) is 7.77.